The molecule has 0 amide bonds. The van der Waals surface area contributed by atoms with E-state index in [0.29, 0.717) is 6.61 Å². The largest absolute Gasteiger partial charge is 0.486 e. The summed E-state index contributed by atoms with van der Waals surface area (Å²) in [6.45, 7) is 2.42. The van der Waals surface area contributed by atoms with Crippen molar-refractivity contribution in [2.75, 3.05) is 17.2 Å². The van der Waals surface area contributed by atoms with Gasteiger partial charge in [0.05, 0.1) is 0 Å². The van der Waals surface area contributed by atoms with Gasteiger partial charge in [0.15, 0.2) is 0 Å². The average molecular weight is 348 g/mol. The number of nitrogens with zero attached hydrogens (tertiary/aromatic N) is 3. The molecule has 0 radical (unpaired) electrons. The molecule has 3 aromatic rings. The molecule has 0 aliphatic carbocycles. The van der Waals surface area contributed by atoms with Crippen LogP contribution in [-0.2, 0) is 26.6 Å². The Labute approximate surface area is 154 Å². The summed E-state index contributed by atoms with van der Waals surface area (Å²) in [4.78, 5) is 6.69. The number of fused-ring (bicyclic) bond motifs is 1. The fourth-order valence-corrected chi connectivity index (χ4v) is 3.49. The molecule has 0 saturated carbocycles. The van der Waals surface area contributed by atoms with Crippen molar-refractivity contribution in [3.63, 3.8) is 0 Å². The summed E-state index contributed by atoms with van der Waals surface area (Å²) in [5.41, 5.74) is 10.9. The maximum absolute atomic E-state index is 6.15. The van der Waals surface area contributed by atoms with Crippen molar-refractivity contribution in [1.29, 1.82) is 0 Å². The Balaban J connectivity index is 1.42. The molecule has 0 unspecified atom stereocenters. The van der Waals surface area contributed by atoms with E-state index in [0.717, 1.165) is 43.2 Å². The van der Waals surface area contributed by atoms with Crippen LogP contribution in [0.3, 0.4) is 0 Å². The normalized spacial score (nSPS) is 13.5. The highest BCUT2D eigenvalue weighted by Gasteiger charge is 2.18. The molecule has 0 spiro atoms. The molecule has 2 N–H and O–H groups in total. The number of aromatic nitrogens is 2. The number of nitrogens with two attached hydrogens (primary N) is 1. The van der Waals surface area contributed by atoms with Crippen LogP contribution in [0.2, 0.25) is 0 Å². The van der Waals surface area contributed by atoms with Crippen molar-refractivity contribution in [2.45, 2.75) is 26.0 Å². The summed E-state index contributed by atoms with van der Waals surface area (Å²) >= 11 is 0. The van der Waals surface area contributed by atoms with E-state index in [2.05, 4.69) is 28.1 Å². The van der Waals surface area contributed by atoms with Crippen LogP contribution in [-0.4, -0.2) is 16.1 Å². The van der Waals surface area contributed by atoms with Gasteiger partial charge in [-0.15, -0.1) is 0 Å². The van der Waals surface area contributed by atoms with Gasteiger partial charge in [-0.05, 0) is 48.2 Å². The van der Waals surface area contributed by atoms with Crippen LogP contribution in [0.25, 0.3) is 0 Å². The van der Waals surface area contributed by atoms with Crippen LogP contribution in [0, 0.1) is 0 Å². The highest BCUT2D eigenvalue weighted by Crippen LogP contribution is 2.32. The molecule has 1 aliphatic heterocycles. The zero-order valence-corrected chi connectivity index (χ0v) is 15.1. The van der Waals surface area contributed by atoms with E-state index in [4.69, 9.17) is 10.5 Å². The SMILES string of the molecule is Cn1ccnc1COc1ccc(CN2CCCc3c(N)cccc32)cc1. The summed E-state index contributed by atoms with van der Waals surface area (Å²) in [5, 5.41) is 0. The van der Waals surface area contributed by atoms with Gasteiger partial charge in [0, 0.05) is 43.9 Å². The molecule has 2 heterocycles. The van der Waals surface area contributed by atoms with Crippen LogP contribution in [0.5, 0.6) is 5.75 Å². The second-order valence-electron chi connectivity index (χ2n) is 6.76. The van der Waals surface area contributed by atoms with Gasteiger partial charge < -0.3 is 19.9 Å². The lowest BCUT2D eigenvalue weighted by molar-refractivity contribution is 0.291. The van der Waals surface area contributed by atoms with Crippen LogP contribution >= 0.6 is 0 Å². The third kappa shape index (κ3) is 3.38. The lowest BCUT2D eigenvalue weighted by atomic mass is 9.99. The number of aryl methyl sites for hydroxylation is 1. The minimum absolute atomic E-state index is 0.474. The fourth-order valence-electron chi connectivity index (χ4n) is 3.49. The number of anilines is 2. The maximum atomic E-state index is 6.15. The van der Waals surface area contributed by atoms with Crippen molar-refractivity contribution in [3.05, 3.63) is 71.8 Å². The first-order valence-electron chi connectivity index (χ1n) is 9.01. The zero-order chi connectivity index (χ0) is 17.9. The number of imidazole rings is 1. The molecule has 0 fully saturated rings. The Morgan fingerprint density at radius 2 is 2.00 bits per heavy atom. The molecule has 0 bridgehead atoms. The molecule has 2 aromatic carbocycles. The number of ether oxygens (including phenoxy) is 1. The standard InChI is InChI=1S/C21H24N4O/c1-24-13-11-23-21(24)15-26-17-9-7-16(8-10-17)14-25-12-3-4-18-19(22)5-2-6-20(18)25/h2,5-11,13H,3-4,12,14-15,22H2,1H3. The Bertz CT molecular complexity index is 885. The number of hydrogen-bond acceptors (Lipinski definition) is 4. The summed E-state index contributed by atoms with van der Waals surface area (Å²) in [6, 6.07) is 14.5. The lowest BCUT2D eigenvalue weighted by Crippen LogP contribution is -2.29. The highest BCUT2D eigenvalue weighted by atomic mass is 16.5. The minimum Gasteiger partial charge on any atom is -0.486 e. The van der Waals surface area contributed by atoms with Gasteiger partial charge in [-0.1, -0.05) is 18.2 Å². The first-order chi connectivity index (χ1) is 12.7. The van der Waals surface area contributed by atoms with Gasteiger partial charge in [0.1, 0.15) is 18.2 Å². The monoisotopic (exact) mass is 348 g/mol. The van der Waals surface area contributed by atoms with Crippen LogP contribution in [0.1, 0.15) is 23.4 Å². The molecule has 1 aromatic heterocycles. The van der Waals surface area contributed by atoms with E-state index < -0.39 is 0 Å². The summed E-state index contributed by atoms with van der Waals surface area (Å²) in [7, 11) is 1.97. The van der Waals surface area contributed by atoms with Gasteiger partial charge in [-0.2, -0.15) is 0 Å². The second kappa shape index (κ2) is 7.12. The first kappa shape index (κ1) is 16.5. The Morgan fingerprint density at radius 1 is 1.15 bits per heavy atom. The van der Waals surface area contributed by atoms with Crippen LogP contribution < -0.4 is 15.4 Å². The number of nitrogen functional groups attached to an aromatic ring is 1. The van der Waals surface area contributed by atoms with Crippen molar-refractivity contribution < 1.29 is 4.74 Å². The highest BCUT2D eigenvalue weighted by molar-refractivity contribution is 5.66. The Hall–Kier alpha value is -2.95. The smallest absolute Gasteiger partial charge is 0.146 e. The van der Waals surface area contributed by atoms with Crippen molar-refractivity contribution in [2.24, 2.45) is 7.05 Å². The van der Waals surface area contributed by atoms with Crippen molar-refractivity contribution >= 4 is 11.4 Å². The Morgan fingerprint density at radius 3 is 2.77 bits per heavy atom. The molecular weight excluding hydrogens is 324 g/mol. The molecule has 134 valence electrons. The number of benzene rings is 2. The first-order valence-corrected chi connectivity index (χ1v) is 9.01. The molecule has 1 aliphatic rings. The molecule has 0 saturated heterocycles. The third-order valence-electron chi connectivity index (χ3n) is 4.97. The van der Waals surface area contributed by atoms with E-state index in [1.807, 2.05) is 42.1 Å². The third-order valence-corrected chi connectivity index (χ3v) is 4.97. The predicted octanol–water partition coefficient (Wildman–Crippen LogP) is 3.53. The van der Waals surface area contributed by atoms with E-state index in [1.165, 1.54) is 16.8 Å². The van der Waals surface area contributed by atoms with E-state index in [-0.39, 0.29) is 0 Å². The zero-order valence-electron chi connectivity index (χ0n) is 15.1. The summed E-state index contributed by atoms with van der Waals surface area (Å²) in [5.74, 6) is 1.77. The molecule has 5 nitrogen and oxygen atoms in total. The topological polar surface area (TPSA) is 56.3 Å². The van der Waals surface area contributed by atoms with E-state index >= 15 is 0 Å². The molecule has 0 atom stereocenters. The quantitative estimate of drug-likeness (QED) is 0.717. The lowest BCUT2D eigenvalue weighted by Gasteiger charge is -2.32. The Kier molecular flexibility index (Phi) is 4.52. The van der Waals surface area contributed by atoms with Gasteiger partial charge >= 0.3 is 0 Å². The van der Waals surface area contributed by atoms with Gasteiger partial charge in [0.2, 0.25) is 0 Å². The van der Waals surface area contributed by atoms with E-state index in [1.54, 1.807) is 6.20 Å². The number of hydrogen-bond donors (Lipinski definition) is 1. The average Bonchev–Trinajstić information content (AvgIpc) is 3.07. The van der Waals surface area contributed by atoms with Crippen LogP contribution in [0.15, 0.2) is 54.9 Å². The van der Waals surface area contributed by atoms with Crippen LogP contribution in [0.4, 0.5) is 11.4 Å². The molecule has 4 rings (SSSR count). The van der Waals surface area contributed by atoms with Gasteiger partial charge in [-0.3, -0.25) is 0 Å². The van der Waals surface area contributed by atoms with Crippen molar-refractivity contribution in [3.8, 4) is 5.75 Å². The van der Waals surface area contributed by atoms with Gasteiger partial charge in [-0.25, -0.2) is 4.98 Å². The summed E-state index contributed by atoms with van der Waals surface area (Å²) < 4.78 is 7.80. The predicted molar refractivity (Wildman–Crippen MR) is 104 cm³/mol. The minimum atomic E-state index is 0.474. The fraction of sp³-hybridized carbons (Fsp3) is 0.286. The van der Waals surface area contributed by atoms with Gasteiger partial charge in [0.25, 0.3) is 0 Å². The molecular formula is C21H24N4O. The maximum Gasteiger partial charge on any atom is 0.146 e. The summed E-state index contributed by atoms with van der Waals surface area (Å²) in [6.07, 6.45) is 5.92. The molecule has 5 heteroatoms. The van der Waals surface area contributed by atoms with E-state index in [9.17, 15) is 0 Å². The molecule has 26 heavy (non-hydrogen) atoms. The van der Waals surface area contributed by atoms with Crippen molar-refractivity contribution in [1.82, 2.24) is 9.55 Å². The second-order valence-corrected chi connectivity index (χ2v) is 6.76. The number of rotatable bonds is 5.